The molecule has 1 atom stereocenters. The highest BCUT2D eigenvalue weighted by Crippen LogP contribution is 2.22. The SMILES string of the molecule is CC(CCl)CCCNc1ncccc1OC(C)C. The molecule has 3 nitrogen and oxygen atoms in total. The number of pyridine rings is 1. The molecule has 4 heteroatoms. The molecule has 0 saturated heterocycles. The van der Waals surface area contributed by atoms with Gasteiger partial charge in [-0.15, -0.1) is 11.6 Å². The maximum Gasteiger partial charge on any atom is 0.168 e. The fourth-order valence-electron chi connectivity index (χ4n) is 1.61. The molecule has 0 bridgehead atoms. The van der Waals surface area contributed by atoms with Crippen molar-refractivity contribution in [3.8, 4) is 5.75 Å². The summed E-state index contributed by atoms with van der Waals surface area (Å²) < 4.78 is 5.70. The van der Waals surface area contributed by atoms with Gasteiger partial charge in [0, 0.05) is 18.6 Å². The number of ether oxygens (including phenoxy) is 1. The Morgan fingerprint density at radius 3 is 2.83 bits per heavy atom. The van der Waals surface area contributed by atoms with Crippen molar-refractivity contribution in [1.29, 1.82) is 0 Å². The van der Waals surface area contributed by atoms with Crippen LogP contribution >= 0.6 is 11.6 Å². The lowest BCUT2D eigenvalue weighted by Crippen LogP contribution is -2.11. The quantitative estimate of drug-likeness (QED) is 0.574. The molecular formula is C14H23ClN2O. The van der Waals surface area contributed by atoms with Crippen molar-refractivity contribution in [3.05, 3.63) is 18.3 Å². The molecule has 0 aliphatic heterocycles. The Bertz CT molecular complexity index is 344. The number of anilines is 1. The zero-order valence-electron chi connectivity index (χ0n) is 11.4. The van der Waals surface area contributed by atoms with Gasteiger partial charge in [0.2, 0.25) is 0 Å². The van der Waals surface area contributed by atoms with Gasteiger partial charge in [-0.25, -0.2) is 4.98 Å². The Morgan fingerprint density at radius 1 is 1.39 bits per heavy atom. The van der Waals surface area contributed by atoms with Crippen molar-refractivity contribution in [1.82, 2.24) is 4.98 Å². The lowest BCUT2D eigenvalue weighted by atomic mass is 10.1. The smallest absolute Gasteiger partial charge is 0.168 e. The van der Waals surface area contributed by atoms with Crippen LogP contribution < -0.4 is 10.1 Å². The Labute approximate surface area is 115 Å². The predicted octanol–water partition coefficient (Wildman–Crippen LogP) is 3.94. The maximum atomic E-state index is 5.78. The maximum absolute atomic E-state index is 5.78. The van der Waals surface area contributed by atoms with E-state index in [-0.39, 0.29) is 6.10 Å². The van der Waals surface area contributed by atoms with E-state index in [1.54, 1.807) is 6.20 Å². The van der Waals surface area contributed by atoms with Crippen LogP contribution in [-0.2, 0) is 0 Å². The van der Waals surface area contributed by atoms with Crippen molar-refractivity contribution in [2.24, 2.45) is 5.92 Å². The molecule has 0 radical (unpaired) electrons. The van der Waals surface area contributed by atoms with Gasteiger partial charge in [0.25, 0.3) is 0 Å². The van der Waals surface area contributed by atoms with Gasteiger partial charge in [-0.05, 0) is 44.7 Å². The molecule has 0 fully saturated rings. The van der Waals surface area contributed by atoms with Crippen LogP contribution in [0.2, 0.25) is 0 Å². The van der Waals surface area contributed by atoms with Crippen LogP contribution in [0.3, 0.4) is 0 Å². The van der Waals surface area contributed by atoms with Gasteiger partial charge < -0.3 is 10.1 Å². The second-order valence-corrected chi connectivity index (χ2v) is 5.15. The topological polar surface area (TPSA) is 34.2 Å². The summed E-state index contributed by atoms with van der Waals surface area (Å²) in [5.74, 6) is 2.94. The molecule has 0 amide bonds. The van der Waals surface area contributed by atoms with Crippen molar-refractivity contribution in [2.45, 2.75) is 39.7 Å². The highest BCUT2D eigenvalue weighted by atomic mass is 35.5. The second-order valence-electron chi connectivity index (χ2n) is 4.85. The van der Waals surface area contributed by atoms with E-state index >= 15 is 0 Å². The van der Waals surface area contributed by atoms with Crippen LogP contribution in [0.1, 0.15) is 33.6 Å². The van der Waals surface area contributed by atoms with Gasteiger partial charge in [0.1, 0.15) is 0 Å². The minimum Gasteiger partial charge on any atom is -0.487 e. The minimum absolute atomic E-state index is 0.158. The predicted molar refractivity (Wildman–Crippen MR) is 77.6 cm³/mol. The molecule has 1 unspecified atom stereocenters. The van der Waals surface area contributed by atoms with Crippen LogP contribution in [0.4, 0.5) is 5.82 Å². The number of nitrogens with zero attached hydrogens (tertiary/aromatic N) is 1. The van der Waals surface area contributed by atoms with Crippen LogP contribution in [0.15, 0.2) is 18.3 Å². The first kappa shape index (κ1) is 15.1. The lowest BCUT2D eigenvalue weighted by molar-refractivity contribution is 0.243. The number of rotatable bonds is 8. The Morgan fingerprint density at radius 2 is 2.17 bits per heavy atom. The van der Waals surface area contributed by atoms with Gasteiger partial charge in [-0.3, -0.25) is 0 Å². The van der Waals surface area contributed by atoms with Crippen molar-refractivity contribution >= 4 is 17.4 Å². The molecule has 1 aromatic rings. The fourth-order valence-corrected chi connectivity index (χ4v) is 1.76. The molecule has 1 aromatic heterocycles. The Kier molecular flexibility index (Phi) is 6.88. The van der Waals surface area contributed by atoms with Crippen molar-refractivity contribution < 1.29 is 4.74 Å². The summed E-state index contributed by atoms with van der Waals surface area (Å²) >= 11 is 5.78. The van der Waals surface area contributed by atoms with E-state index in [1.165, 1.54) is 0 Å². The summed E-state index contributed by atoms with van der Waals surface area (Å²) in [6, 6.07) is 3.83. The average molecular weight is 271 g/mol. The first-order chi connectivity index (χ1) is 8.63. The minimum atomic E-state index is 0.158. The van der Waals surface area contributed by atoms with Gasteiger partial charge in [-0.1, -0.05) is 6.92 Å². The Hall–Kier alpha value is -0.960. The normalized spacial score (nSPS) is 12.5. The van der Waals surface area contributed by atoms with Crippen molar-refractivity contribution in [3.63, 3.8) is 0 Å². The summed E-state index contributed by atoms with van der Waals surface area (Å²) in [5, 5.41) is 3.32. The largest absolute Gasteiger partial charge is 0.487 e. The third-order valence-electron chi connectivity index (χ3n) is 2.56. The zero-order chi connectivity index (χ0) is 13.4. The van der Waals surface area contributed by atoms with Gasteiger partial charge in [0.15, 0.2) is 11.6 Å². The molecule has 0 saturated carbocycles. The van der Waals surface area contributed by atoms with Crippen LogP contribution in [0.25, 0.3) is 0 Å². The first-order valence-electron chi connectivity index (χ1n) is 6.55. The molecule has 0 aliphatic rings. The van der Waals surface area contributed by atoms with E-state index in [2.05, 4.69) is 17.2 Å². The van der Waals surface area contributed by atoms with Crippen LogP contribution in [0, 0.1) is 5.92 Å². The molecule has 18 heavy (non-hydrogen) atoms. The molecule has 0 aromatic carbocycles. The first-order valence-corrected chi connectivity index (χ1v) is 7.08. The molecule has 1 rings (SSSR count). The highest BCUT2D eigenvalue weighted by Gasteiger charge is 2.06. The molecule has 102 valence electrons. The molecule has 0 aliphatic carbocycles. The number of aromatic nitrogens is 1. The third-order valence-corrected chi connectivity index (χ3v) is 3.09. The van der Waals surface area contributed by atoms with Crippen LogP contribution in [-0.4, -0.2) is 23.5 Å². The summed E-state index contributed by atoms with van der Waals surface area (Å²) in [6.45, 7) is 7.09. The summed E-state index contributed by atoms with van der Waals surface area (Å²) in [4.78, 5) is 4.31. The zero-order valence-corrected chi connectivity index (χ0v) is 12.2. The third kappa shape index (κ3) is 5.58. The van der Waals surface area contributed by atoms with Gasteiger partial charge >= 0.3 is 0 Å². The number of halogens is 1. The number of alkyl halides is 1. The van der Waals surface area contributed by atoms with Crippen LogP contribution in [0.5, 0.6) is 5.75 Å². The van der Waals surface area contributed by atoms with Gasteiger partial charge in [0.05, 0.1) is 6.10 Å². The average Bonchev–Trinajstić information content (AvgIpc) is 2.35. The number of hydrogen-bond donors (Lipinski definition) is 1. The highest BCUT2D eigenvalue weighted by molar-refractivity contribution is 6.18. The monoisotopic (exact) mass is 270 g/mol. The summed E-state index contributed by atoms with van der Waals surface area (Å²) in [7, 11) is 0. The van der Waals surface area contributed by atoms with E-state index in [9.17, 15) is 0 Å². The van der Waals surface area contributed by atoms with E-state index in [4.69, 9.17) is 16.3 Å². The molecule has 1 heterocycles. The van der Waals surface area contributed by atoms with E-state index < -0.39 is 0 Å². The van der Waals surface area contributed by atoms with E-state index in [1.807, 2.05) is 26.0 Å². The number of hydrogen-bond acceptors (Lipinski definition) is 3. The van der Waals surface area contributed by atoms with E-state index in [0.29, 0.717) is 5.92 Å². The molecule has 1 N–H and O–H groups in total. The van der Waals surface area contributed by atoms with E-state index in [0.717, 1.165) is 36.8 Å². The fraction of sp³-hybridized carbons (Fsp3) is 0.643. The van der Waals surface area contributed by atoms with Crippen molar-refractivity contribution in [2.75, 3.05) is 17.7 Å². The second kappa shape index (κ2) is 8.20. The number of nitrogens with one attached hydrogen (secondary N) is 1. The standard InChI is InChI=1S/C14H23ClN2O/c1-11(2)18-13-7-5-9-17-14(13)16-8-4-6-12(3)10-15/h5,7,9,11-12H,4,6,8,10H2,1-3H3,(H,16,17). The molecular weight excluding hydrogens is 248 g/mol. The molecule has 0 spiro atoms. The van der Waals surface area contributed by atoms with Gasteiger partial charge in [-0.2, -0.15) is 0 Å². The lowest BCUT2D eigenvalue weighted by Gasteiger charge is -2.14. The summed E-state index contributed by atoms with van der Waals surface area (Å²) in [6.07, 6.45) is 4.15. The Balaban J connectivity index is 2.41. The summed E-state index contributed by atoms with van der Waals surface area (Å²) in [5.41, 5.74) is 0.